The third-order valence-electron chi connectivity index (χ3n) is 7.03. The van der Waals surface area contributed by atoms with E-state index in [-0.39, 0.29) is 47.0 Å². The molecule has 2 amide bonds. The van der Waals surface area contributed by atoms with Crippen molar-refractivity contribution in [3.05, 3.63) is 112 Å². The molecule has 0 saturated heterocycles. The van der Waals surface area contributed by atoms with Gasteiger partial charge in [-0.15, -0.1) is 0 Å². The van der Waals surface area contributed by atoms with E-state index < -0.39 is 29.5 Å². The average molecular weight is 577 g/mol. The highest BCUT2D eigenvalue weighted by Crippen LogP contribution is 2.37. The van der Waals surface area contributed by atoms with Gasteiger partial charge < -0.3 is 15.2 Å². The topological polar surface area (TPSA) is 104 Å². The highest BCUT2D eigenvalue weighted by atomic mass is 19.4. The van der Waals surface area contributed by atoms with Gasteiger partial charge in [-0.05, 0) is 61.2 Å². The van der Waals surface area contributed by atoms with Crippen molar-refractivity contribution in [2.75, 3.05) is 18.4 Å². The van der Waals surface area contributed by atoms with Crippen LogP contribution in [0.4, 0.5) is 18.9 Å². The first-order valence-electron chi connectivity index (χ1n) is 13.0. The van der Waals surface area contributed by atoms with E-state index in [4.69, 9.17) is 4.79 Å². The minimum Gasteiger partial charge on any atom is -0.478 e. The molecule has 42 heavy (non-hydrogen) atoms. The van der Waals surface area contributed by atoms with Crippen LogP contribution < -0.4 is 5.32 Å². The van der Waals surface area contributed by atoms with Crippen LogP contribution in [0.25, 0.3) is 10.8 Å². The van der Waals surface area contributed by atoms with Gasteiger partial charge in [0.1, 0.15) is 6.79 Å². The van der Waals surface area contributed by atoms with Gasteiger partial charge in [0.05, 0.1) is 11.1 Å². The van der Waals surface area contributed by atoms with Crippen molar-refractivity contribution in [3.8, 4) is 0 Å². The Morgan fingerprint density at radius 2 is 1.48 bits per heavy atom. The van der Waals surface area contributed by atoms with Crippen molar-refractivity contribution in [3.63, 3.8) is 0 Å². The molecule has 216 valence electrons. The Morgan fingerprint density at radius 1 is 0.857 bits per heavy atom. The van der Waals surface area contributed by atoms with Crippen molar-refractivity contribution in [2.45, 2.75) is 25.9 Å². The SMILES string of the molecule is C=O.Cc1cccc(CCN2C(=O)c3ccc(NCCc4cccc(C(F)(F)F)c4)c4c(C(=O)O)ccc(c34)C2=O)c1. The van der Waals surface area contributed by atoms with E-state index in [1.54, 1.807) is 18.2 Å². The highest BCUT2D eigenvalue weighted by molar-refractivity contribution is 6.29. The van der Waals surface area contributed by atoms with Crippen LogP contribution in [-0.2, 0) is 23.8 Å². The largest absolute Gasteiger partial charge is 0.478 e. The van der Waals surface area contributed by atoms with Crippen molar-refractivity contribution >= 4 is 41.0 Å². The monoisotopic (exact) mass is 576 g/mol. The van der Waals surface area contributed by atoms with E-state index in [0.717, 1.165) is 23.3 Å². The number of nitrogens with zero attached hydrogens (tertiary/aromatic N) is 1. The second kappa shape index (κ2) is 12.3. The van der Waals surface area contributed by atoms with Crippen molar-refractivity contribution in [1.82, 2.24) is 4.90 Å². The molecule has 1 aliphatic rings. The summed E-state index contributed by atoms with van der Waals surface area (Å²) in [5.41, 5.74) is 2.49. The van der Waals surface area contributed by atoms with Gasteiger partial charge in [-0.3, -0.25) is 14.5 Å². The summed E-state index contributed by atoms with van der Waals surface area (Å²) in [5, 5.41) is 13.5. The fourth-order valence-corrected chi connectivity index (χ4v) is 5.12. The maximum absolute atomic E-state index is 13.5. The normalized spacial score (nSPS) is 12.6. The lowest BCUT2D eigenvalue weighted by Crippen LogP contribution is -2.41. The Bertz CT molecular complexity index is 1660. The van der Waals surface area contributed by atoms with Gasteiger partial charge in [0.25, 0.3) is 11.8 Å². The highest BCUT2D eigenvalue weighted by Gasteiger charge is 2.34. The van der Waals surface area contributed by atoms with Crippen LogP contribution in [0.5, 0.6) is 0 Å². The van der Waals surface area contributed by atoms with Crippen LogP contribution in [0.2, 0.25) is 0 Å². The van der Waals surface area contributed by atoms with Crippen LogP contribution in [0.3, 0.4) is 0 Å². The van der Waals surface area contributed by atoms with Crippen LogP contribution in [-0.4, -0.2) is 47.7 Å². The van der Waals surface area contributed by atoms with Crippen molar-refractivity contribution in [1.29, 1.82) is 0 Å². The lowest BCUT2D eigenvalue weighted by Gasteiger charge is -2.28. The Morgan fingerprint density at radius 3 is 2.10 bits per heavy atom. The zero-order valence-corrected chi connectivity index (χ0v) is 22.6. The molecule has 0 aliphatic carbocycles. The smallest absolute Gasteiger partial charge is 0.416 e. The second-order valence-corrected chi connectivity index (χ2v) is 9.75. The number of carbonyl (C=O) groups excluding carboxylic acids is 3. The first-order chi connectivity index (χ1) is 20.0. The Labute approximate surface area is 239 Å². The molecule has 4 aromatic rings. The average Bonchev–Trinajstić information content (AvgIpc) is 2.96. The number of carbonyl (C=O) groups is 4. The summed E-state index contributed by atoms with van der Waals surface area (Å²) in [4.78, 5) is 48.2. The molecule has 4 aromatic carbocycles. The fourth-order valence-electron chi connectivity index (χ4n) is 5.12. The maximum Gasteiger partial charge on any atom is 0.416 e. The number of nitrogens with one attached hydrogen (secondary N) is 1. The fraction of sp³-hybridized carbons (Fsp3) is 0.188. The number of aryl methyl sites for hydroxylation is 1. The summed E-state index contributed by atoms with van der Waals surface area (Å²) in [6, 6.07) is 18.7. The van der Waals surface area contributed by atoms with Gasteiger partial charge in [-0.1, -0.05) is 48.0 Å². The number of alkyl halides is 3. The van der Waals surface area contributed by atoms with Gasteiger partial charge in [0, 0.05) is 40.7 Å². The van der Waals surface area contributed by atoms with Gasteiger partial charge >= 0.3 is 12.1 Å². The molecule has 10 heteroatoms. The van der Waals surface area contributed by atoms with Gasteiger partial charge in [-0.25, -0.2) is 4.79 Å². The van der Waals surface area contributed by atoms with Crippen molar-refractivity contribution in [2.24, 2.45) is 0 Å². The molecular weight excluding hydrogens is 549 g/mol. The zero-order valence-electron chi connectivity index (χ0n) is 22.6. The number of halogens is 3. The van der Waals surface area contributed by atoms with E-state index in [2.05, 4.69) is 5.32 Å². The van der Waals surface area contributed by atoms with Crippen LogP contribution >= 0.6 is 0 Å². The number of rotatable bonds is 8. The number of amides is 2. The molecule has 0 atom stereocenters. The number of anilines is 1. The van der Waals surface area contributed by atoms with Crippen LogP contribution in [0.1, 0.15) is 53.3 Å². The lowest BCUT2D eigenvalue weighted by molar-refractivity contribution is -0.137. The predicted molar refractivity (Wildman–Crippen MR) is 152 cm³/mol. The van der Waals surface area contributed by atoms with E-state index in [0.29, 0.717) is 17.7 Å². The summed E-state index contributed by atoms with van der Waals surface area (Å²) in [6.07, 6.45) is -3.75. The molecule has 0 saturated carbocycles. The van der Waals surface area contributed by atoms with Crippen molar-refractivity contribution < 1.29 is 37.5 Å². The lowest BCUT2D eigenvalue weighted by atomic mass is 9.90. The standard InChI is InChI=1S/C31H25F3N2O4.CH2O/c1-18-4-2-5-20(16-18)13-15-36-28(37)22-8-9-24(30(39)40)27-25(11-10-23(26(22)27)29(36)38)35-14-12-19-6-3-7-21(17-19)31(32,33)34;1-2/h2-11,16-17,35H,12-15H2,1H3,(H,39,40);1H2. The van der Waals surface area contributed by atoms with E-state index in [1.807, 2.05) is 38.0 Å². The molecule has 0 unspecified atom stereocenters. The molecule has 5 rings (SSSR count). The molecule has 1 aliphatic heterocycles. The summed E-state index contributed by atoms with van der Waals surface area (Å²) in [5.74, 6) is -2.24. The third kappa shape index (κ3) is 6.02. The minimum absolute atomic E-state index is 0.0871. The Hall–Kier alpha value is -4.99. The zero-order chi connectivity index (χ0) is 30.6. The van der Waals surface area contributed by atoms with Gasteiger partial charge in [0.2, 0.25) is 0 Å². The molecule has 2 N–H and O–H groups in total. The molecular formula is C32H27F3N2O5. The number of benzene rings is 4. The number of imide groups is 1. The minimum atomic E-state index is -4.46. The molecule has 0 aromatic heterocycles. The van der Waals surface area contributed by atoms with Crippen LogP contribution in [0, 0.1) is 6.92 Å². The van der Waals surface area contributed by atoms with E-state index in [1.165, 1.54) is 23.1 Å². The quantitative estimate of drug-likeness (QED) is 0.243. The number of hydrogen-bond acceptors (Lipinski definition) is 5. The third-order valence-corrected chi connectivity index (χ3v) is 7.03. The van der Waals surface area contributed by atoms with E-state index in [9.17, 15) is 32.7 Å². The van der Waals surface area contributed by atoms with Gasteiger partial charge in [0.15, 0.2) is 0 Å². The summed E-state index contributed by atoms with van der Waals surface area (Å²) in [7, 11) is 0. The summed E-state index contributed by atoms with van der Waals surface area (Å²) >= 11 is 0. The number of carboxylic acids is 1. The van der Waals surface area contributed by atoms with Crippen LogP contribution in [0.15, 0.2) is 72.8 Å². The second-order valence-electron chi connectivity index (χ2n) is 9.75. The molecule has 0 spiro atoms. The van der Waals surface area contributed by atoms with E-state index >= 15 is 0 Å². The first-order valence-corrected chi connectivity index (χ1v) is 13.0. The predicted octanol–water partition coefficient (Wildman–Crippen LogP) is 6.17. The summed E-state index contributed by atoms with van der Waals surface area (Å²) < 4.78 is 39.2. The molecule has 0 bridgehead atoms. The number of carboxylic acid groups (broad SMARTS) is 1. The molecule has 0 fully saturated rings. The Balaban J connectivity index is 0.00000198. The maximum atomic E-state index is 13.5. The molecule has 7 nitrogen and oxygen atoms in total. The molecule has 1 heterocycles. The Kier molecular flexibility index (Phi) is 8.75. The first kappa shape index (κ1) is 30.0. The summed E-state index contributed by atoms with van der Waals surface area (Å²) in [6.45, 7) is 4.33. The number of hydrogen-bond donors (Lipinski definition) is 2. The molecule has 0 radical (unpaired) electrons. The van der Waals surface area contributed by atoms with Gasteiger partial charge in [-0.2, -0.15) is 13.2 Å². The number of aromatic carboxylic acids is 1.